The van der Waals surface area contributed by atoms with Crippen LogP contribution in [0.4, 0.5) is 0 Å². The summed E-state index contributed by atoms with van der Waals surface area (Å²) in [5, 5.41) is 0. The number of rotatable bonds is 5. The number of amides is 3. The normalized spacial score (nSPS) is 14.1. The summed E-state index contributed by atoms with van der Waals surface area (Å²) < 4.78 is 3.11. The molecule has 8 heteroatoms. The van der Waals surface area contributed by atoms with Crippen molar-refractivity contribution in [1.82, 2.24) is 9.47 Å². The number of thiazole rings is 1. The summed E-state index contributed by atoms with van der Waals surface area (Å²) >= 11 is 3.17. The van der Waals surface area contributed by atoms with Gasteiger partial charge in [0.2, 0.25) is 0 Å². The van der Waals surface area contributed by atoms with Gasteiger partial charge in [-0.3, -0.25) is 19.3 Å². The Morgan fingerprint density at radius 2 is 1.70 bits per heavy atom. The van der Waals surface area contributed by atoms with Crippen LogP contribution >= 0.6 is 23.1 Å². The molecule has 1 aliphatic rings. The van der Waals surface area contributed by atoms with Crippen molar-refractivity contribution in [2.24, 2.45) is 4.99 Å². The molecule has 3 aromatic rings. The molecule has 154 valence electrons. The molecular formula is C22H21N3O3S2. The number of hydrogen-bond acceptors (Lipinski definition) is 5. The molecule has 0 saturated heterocycles. The summed E-state index contributed by atoms with van der Waals surface area (Å²) in [6.07, 6.45) is 2.04. The van der Waals surface area contributed by atoms with Gasteiger partial charge >= 0.3 is 0 Å². The second kappa shape index (κ2) is 8.20. The minimum atomic E-state index is -0.512. The number of aryl methyl sites for hydroxylation is 3. The highest BCUT2D eigenvalue weighted by molar-refractivity contribution is 7.98. The summed E-state index contributed by atoms with van der Waals surface area (Å²) in [7, 11) is 0. The van der Waals surface area contributed by atoms with E-state index in [9.17, 15) is 14.4 Å². The van der Waals surface area contributed by atoms with Crippen molar-refractivity contribution in [1.29, 1.82) is 0 Å². The van der Waals surface area contributed by atoms with E-state index in [1.165, 1.54) is 22.5 Å². The molecule has 0 fully saturated rings. The van der Waals surface area contributed by atoms with Crippen molar-refractivity contribution >= 4 is 51.0 Å². The summed E-state index contributed by atoms with van der Waals surface area (Å²) in [5.41, 5.74) is 4.08. The number of aromatic nitrogens is 1. The Morgan fingerprint density at radius 1 is 1.07 bits per heavy atom. The molecule has 0 bridgehead atoms. The Bertz CT molecular complexity index is 1220. The van der Waals surface area contributed by atoms with E-state index in [2.05, 4.69) is 31.0 Å². The van der Waals surface area contributed by atoms with Gasteiger partial charge in [0, 0.05) is 12.3 Å². The highest BCUT2D eigenvalue weighted by atomic mass is 32.2. The van der Waals surface area contributed by atoms with E-state index in [0.717, 1.165) is 27.4 Å². The van der Waals surface area contributed by atoms with Gasteiger partial charge in [0.15, 0.2) is 4.80 Å². The molecule has 2 heterocycles. The van der Waals surface area contributed by atoms with Crippen LogP contribution in [0.2, 0.25) is 0 Å². The van der Waals surface area contributed by atoms with E-state index in [1.54, 1.807) is 36.0 Å². The van der Waals surface area contributed by atoms with Crippen LogP contribution < -0.4 is 4.80 Å². The molecule has 4 rings (SSSR count). The van der Waals surface area contributed by atoms with Crippen LogP contribution in [0, 0.1) is 13.8 Å². The monoisotopic (exact) mass is 439 g/mol. The largest absolute Gasteiger partial charge is 0.316 e. The van der Waals surface area contributed by atoms with Crippen molar-refractivity contribution in [3.63, 3.8) is 0 Å². The molecule has 1 aromatic heterocycles. The molecule has 0 spiro atoms. The van der Waals surface area contributed by atoms with Crippen molar-refractivity contribution in [2.75, 3.05) is 18.6 Å². The number of carbonyl (C=O) groups is 3. The van der Waals surface area contributed by atoms with Gasteiger partial charge in [0.1, 0.15) is 6.54 Å². The fraction of sp³-hybridized carbons (Fsp3) is 0.273. The molecule has 6 nitrogen and oxygen atoms in total. The van der Waals surface area contributed by atoms with E-state index in [0.29, 0.717) is 15.9 Å². The standard InChI is InChI=1S/C22H21N3O3S2/c1-13-10-17-18(11-14(13)2)30-22(24(17)8-9-29-3)23-19(26)12-25-20(27)15-6-4-5-7-16(15)21(25)28/h4-7,10-11H,8-9,12H2,1-3H3. The minimum absolute atomic E-state index is 0.332. The first kappa shape index (κ1) is 20.6. The fourth-order valence-corrected chi connectivity index (χ4v) is 4.98. The van der Waals surface area contributed by atoms with Crippen molar-refractivity contribution < 1.29 is 14.4 Å². The number of nitrogens with zero attached hydrogens (tertiary/aromatic N) is 3. The predicted octanol–water partition coefficient (Wildman–Crippen LogP) is 3.41. The molecular weight excluding hydrogens is 418 g/mol. The van der Waals surface area contributed by atoms with Gasteiger partial charge in [-0.05, 0) is 55.5 Å². The summed E-state index contributed by atoms with van der Waals surface area (Å²) in [6.45, 7) is 4.49. The zero-order valence-corrected chi connectivity index (χ0v) is 18.6. The minimum Gasteiger partial charge on any atom is -0.316 e. The predicted molar refractivity (Wildman–Crippen MR) is 120 cm³/mol. The summed E-state index contributed by atoms with van der Waals surface area (Å²) in [4.78, 5) is 43.6. The zero-order valence-electron chi connectivity index (χ0n) is 17.0. The Kier molecular flexibility index (Phi) is 5.62. The fourth-order valence-electron chi connectivity index (χ4n) is 3.47. The van der Waals surface area contributed by atoms with E-state index in [1.807, 2.05) is 10.8 Å². The lowest BCUT2D eigenvalue weighted by molar-refractivity contribution is -0.118. The molecule has 0 radical (unpaired) electrons. The van der Waals surface area contributed by atoms with Gasteiger partial charge in [0.05, 0.1) is 21.3 Å². The van der Waals surface area contributed by atoms with Gasteiger partial charge in [-0.25, -0.2) is 0 Å². The lowest BCUT2D eigenvalue weighted by Crippen LogP contribution is -2.35. The van der Waals surface area contributed by atoms with Crippen LogP contribution in [0.25, 0.3) is 10.2 Å². The maximum absolute atomic E-state index is 12.7. The topological polar surface area (TPSA) is 71.7 Å². The van der Waals surface area contributed by atoms with Crippen LogP contribution in [-0.4, -0.2) is 45.7 Å². The average molecular weight is 440 g/mol. The number of hydrogen-bond donors (Lipinski definition) is 0. The van der Waals surface area contributed by atoms with Crippen LogP contribution in [0.1, 0.15) is 31.8 Å². The first-order valence-corrected chi connectivity index (χ1v) is 11.7. The van der Waals surface area contributed by atoms with Crippen molar-refractivity contribution in [3.05, 3.63) is 63.5 Å². The second-order valence-electron chi connectivity index (χ2n) is 7.18. The quantitative estimate of drug-likeness (QED) is 0.571. The molecule has 0 atom stereocenters. The molecule has 0 aliphatic carbocycles. The van der Waals surface area contributed by atoms with Crippen molar-refractivity contribution in [2.45, 2.75) is 20.4 Å². The van der Waals surface area contributed by atoms with Gasteiger partial charge in [-0.15, -0.1) is 0 Å². The third kappa shape index (κ3) is 3.61. The molecule has 2 aromatic carbocycles. The SMILES string of the molecule is CSCCn1c(=NC(=O)CN2C(=O)c3ccccc3C2=O)sc2cc(C)c(C)cc21. The Hall–Kier alpha value is -2.71. The molecule has 3 amide bonds. The van der Waals surface area contributed by atoms with Crippen molar-refractivity contribution in [3.8, 4) is 0 Å². The lowest BCUT2D eigenvalue weighted by atomic mass is 10.1. The van der Waals surface area contributed by atoms with E-state index in [4.69, 9.17) is 0 Å². The average Bonchev–Trinajstić information content (AvgIpc) is 3.16. The first-order valence-electron chi connectivity index (χ1n) is 9.53. The van der Waals surface area contributed by atoms with Crippen LogP contribution in [-0.2, 0) is 11.3 Å². The number of benzene rings is 2. The van der Waals surface area contributed by atoms with Gasteiger partial charge < -0.3 is 4.57 Å². The summed E-state index contributed by atoms with van der Waals surface area (Å²) in [5.74, 6) is -0.519. The molecule has 1 aliphatic heterocycles. The Labute approximate surface area is 182 Å². The molecule has 0 saturated carbocycles. The maximum atomic E-state index is 12.7. The van der Waals surface area contributed by atoms with Gasteiger partial charge in [-0.1, -0.05) is 23.5 Å². The number of thioether (sulfide) groups is 1. The maximum Gasteiger partial charge on any atom is 0.268 e. The van der Waals surface area contributed by atoms with E-state index in [-0.39, 0.29) is 6.54 Å². The highest BCUT2D eigenvalue weighted by Gasteiger charge is 2.36. The van der Waals surface area contributed by atoms with E-state index >= 15 is 0 Å². The first-order chi connectivity index (χ1) is 14.4. The van der Waals surface area contributed by atoms with Gasteiger partial charge in [-0.2, -0.15) is 16.8 Å². The molecule has 0 N–H and O–H groups in total. The second-order valence-corrected chi connectivity index (χ2v) is 9.18. The van der Waals surface area contributed by atoms with Gasteiger partial charge in [0.25, 0.3) is 17.7 Å². The van der Waals surface area contributed by atoms with Crippen LogP contribution in [0.5, 0.6) is 0 Å². The zero-order chi connectivity index (χ0) is 21.4. The Balaban J connectivity index is 1.68. The van der Waals surface area contributed by atoms with E-state index < -0.39 is 17.7 Å². The molecule has 30 heavy (non-hydrogen) atoms. The van der Waals surface area contributed by atoms with Crippen LogP contribution in [0.15, 0.2) is 41.4 Å². The Morgan fingerprint density at radius 3 is 2.33 bits per heavy atom. The number of fused-ring (bicyclic) bond motifs is 2. The molecule has 0 unspecified atom stereocenters. The number of carbonyl (C=O) groups excluding carboxylic acids is 3. The smallest absolute Gasteiger partial charge is 0.268 e. The third-order valence-electron chi connectivity index (χ3n) is 5.21. The number of imide groups is 1. The highest BCUT2D eigenvalue weighted by Crippen LogP contribution is 2.23. The third-order valence-corrected chi connectivity index (χ3v) is 6.84. The van der Waals surface area contributed by atoms with Crippen LogP contribution in [0.3, 0.4) is 0 Å². The summed E-state index contributed by atoms with van der Waals surface area (Å²) in [6, 6.07) is 10.8. The lowest BCUT2D eigenvalue weighted by Gasteiger charge is -2.10.